The predicted molar refractivity (Wildman–Crippen MR) is 232 cm³/mol. The molecule has 3 aromatic carbocycles. The summed E-state index contributed by atoms with van der Waals surface area (Å²) in [5.41, 5.74) is 13.6. The molecular formula is C52H80. The third-order valence-electron chi connectivity index (χ3n) is 13.8. The molecule has 0 saturated carbocycles. The molecule has 0 atom stereocenters. The van der Waals surface area contributed by atoms with E-state index in [-0.39, 0.29) is 10.8 Å². The van der Waals surface area contributed by atoms with Crippen LogP contribution >= 0.6 is 0 Å². The number of hydrogen-bond donors (Lipinski definition) is 0. The number of hydrogen-bond acceptors (Lipinski definition) is 0. The van der Waals surface area contributed by atoms with Crippen LogP contribution in [0.4, 0.5) is 0 Å². The molecule has 0 heterocycles. The molecule has 0 amide bonds. The van der Waals surface area contributed by atoms with Gasteiger partial charge in [-0.05, 0) is 89.2 Å². The van der Waals surface area contributed by atoms with E-state index in [1.807, 2.05) is 0 Å². The van der Waals surface area contributed by atoms with Crippen molar-refractivity contribution in [2.45, 2.75) is 232 Å². The number of rotatable bonds is 28. The first-order valence-electron chi connectivity index (χ1n) is 23.2. The summed E-state index contributed by atoms with van der Waals surface area (Å²) in [4.78, 5) is 0. The Hall–Kier alpha value is -2.08. The van der Waals surface area contributed by atoms with Gasteiger partial charge in [0.25, 0.3) is 0 Å². The molecule has 0 unspecified atom stereocenters. The van der Waals surface area contributed by atoms with Crippen molar-refractivity contribution in [3.63, 3.8) is 0 Å². The van der Waals surface area contributed by atoms with E-state index >= 15 is 0 Å². The van der Waals surface area contributed by atoms with E-state index in [1.165, 1.54) is 191 Å². The van der Waals surface area contributed by atoms with Crippen molar-refractivity contribution in [1.82, 2.24) is 0 Å². The van der Waals surface area contributed by atoms with Gasteiger partial charge in [-0.2, -0.15) is 0 Å². The fourth-order valence-corrected chi connectivity index (χ4v) is 10.9. The average Bonchev–Trinajstić information content (AvgIpc) is 3.41. The quantitative estimate of drug-likeness (QED) is 0.0660. The summed E-state index contributed by atoms with van der Waals surface area (Å²) < 4.78 is 0. The van der Waals surface area contributed by atoms with Gasteiger partial charge in [-0.3, -0.25) is 0 Å². The number of aryl methyl sites for hydroxylation is 2. The van der Waals surface area contributed by atoms with Gasteiger partial charge in [0, 0.05) is 10.8 Å². The van der Waals surface area contributed by atoms with Gasteiger partial charge in [-0.25, -0.2) is 0 Å². The summed E-state index contributed by atoms with van der Waals surface area (Å²) in [6.07, 6.45) is 38.4. The number of unbranched alkanes of at least 4 members (excludes halogenated alkanes) is 20. The van der Waals surface area contributed by atoms with Gasteiger partial charge >= 0.3 is 0 Å². The van der Waals surface area contributed by atoms with E-state index in [1.54, 1.807) is 44.2 Å². The Labute approximate surface area is 322 Å². The molecule has 0 aliphatic heterocycles. The lowest BCUT2D eigenvalue weighted by molar-refractivity contribution is 0.389. The normalized spacial score (nSPS) is 14.9. The summed E-state index contributed by atoms with van der Waals surface area (Å²) >= 11 is 0. The van der Waals surface area contributed by atoms with Gasteiger partial charge in [0.05, 0.1) is 0 Å². The van der Waals surface area contributed by atoms with Gasteiger partial charge in [-0.1, -0.05) is 224 Å². The molecule has 0 spiro atoms. The maximum Gasteiger partial charge on any atom is 0.0215 e. The van der Waals surface area contributed by atoms with E-state index in [0.717, 1.165) is 0 Å². The summed E-state index contributed by atoms with van der Waals surface area (Å²) in [5.74, 6) is 0. The first-order chi connectivity index (χ1) is 25.5. The fourth-order valence-electron chi connectivity index (χ4n) is 10.9. The van der Waals surface area contributed by atoms with Crippen LogP contribution in [0.5, 0.6) is 0 Å². The lowest BCUT2D eigenvalue weighted by atomic mass is 9.61. The van der Waals surface area contributed by atoms with E-state index in [4.69, 9.17) is 0 Å². The van der Waals surface area contributed by atoms with Crippen molar-refractivity contribution in [3.8, 4) is 11.1 Å². The zero-order chi connectivity index (χ0) is 36.8. The monoisotopic (exact) mass is 705 g/mol. The Balaban J connectivity index is 1.64. The predicted octanol–water partition coefficient (Wildman–Crippen LogP) is 17.3. The third-order valence-corrected chi connectivity index (χ3v) is 13.8. The van der Waals surface area contributed by atoms with Crippen LogP contribution in [0.2, 0.25) is 0 Å². The lowest BCUT2D eigenvalue weighted by Gasteiger charge is -2.42. The van der Waals surface area contributed by atoms with Crippen molar-refractivity contribution >= 4 is 10.8 Å². The van der Waals surface area contributed by atoms with E-state index in [9.17, 15) is 0 Å². The standard InChI is InChI=1S/C52H80/c1-7-11-15-19-23-27-34-51(35-28-24-20-16-12-8-2)44-33-31-32-43-42(6)40-47-50(48(43)44)49-45(51)38-41(5)39-46(49)52(47,36-29-25-21-17-13-9-3)37-30-26-22-18-14-10-4/h31-33,38-40H,7-30,34-37H2,1-6H3. The minimum atomic E-state index is 0.125. The second kappa shape index (κ2) is 20.6. The molecule has 52 heavy (non-hydrogen) atoms. The van der Waals surface area contributed by atoms with E-state index in [0.29, 0.717) is 0 Å². The molecule has 0 saturated heterocycles. The maximum absolute atomic E-state index is 2.71. The first-order valence-corrected chi connectivity index (χ1v) is 23.2. The van der Waals surface area contributed by atoms with Crippen molar-refractivity contribution in [1.29, 1.82) is 0 Å². The molecule has 0 aromatic heterocycles. The van der Waals surface area contributed by atoms with Gasteiger partial charge in [-0.15, -0.1) is 0 Å². The number of benzene rings is 3. The van der Waals surface area contributed by atoms with Gasteiger partial charge in [0.1, 0.15) is 0 Å². The van der Waals surface area contributed by atoms with Gasteiger partial charge < -0.3 is 0 Å². The SMILES string of the molecule is CCCCCCCCC1(CCCCCCCC)c2cc(C)cc3c2-c2c1cc(C)c1cccc(c21)C3(CCCCCCCC)CCCCCCCC. The van der Waals surface area contributed by atoms with Crippen LogP contribution in [0, 0.1) is 13.8 Å². The topological polar surface area (TPSA) is 0 Å². The molecule has 2 aliphatic rings. The summed E-state index contributed by atoms with van der Waals surface area (Å²) in [5, 5.41) is 3.21. The Morgan fingerprint density at radius 2 is 0.750 bits per heavy atom. The Bertz CT molecular complexity index is 1490. The summed E-state index contributed by atoms with van der Waals surface area (Å²) in [6, 6.07) is 15.7. The highest BCUT2D eigenvalue weighted by molar-refractivity contribution is 6.09. The first kappa shape index (κ1) is 41.1. The lowest BCUT2D eigenvalue weighted by Crippen LogP contribution is -2.32. The Kier molecular flexibility index (Phi) is 16.2. The molecule has 0 fully saturated rings. The minimum absolute atomic E-state index is 0.125. The average molecular weight is 705 g/mol. The highest BCUT2D eigenvalue weighted by atomic mass is 14.5. The van der Waals surface area contributed by atoms with Crippen LogP contribution in [-0.4, -0.2) is 0 Å². The zero-order valence-corrected chi connectivity index (χ0v) is 35.3. The molecule has 0 radical (unpaired) electrons. The molecular weight excluding hydrogens is 625 g/mol. The highest BCUT2D eigenvalue weighted by Gasteiger charge is 2.50. The van der Waals surface area contributed by atoms with Crippen LogP contribution in [0.15, 0.2) is 36.4 Å². The Morgan fingerprint density at radius 3 is 1.17 bits per heavy atom. The summed E-state index contributed by atoms with van der Waals surface area (Å²) in [7, 11) is 0. The molecule has 0 bridgehead atoms. The molecule has 288 valence electrons. The fraction of sp³-hybridized carbons (Fsp3) is 0.692. The van der Waals surface area contributed by atoms with Crippen molar-refractivity contribution < 1.29 is 0 Å². The molecule has 5 rings (SSSR count). The van der Waals surface area contributed by atoms with Crippen molar-refractivity contribution in [2.75, 3.05) is 0 Å². The van der Waals surface area contributed by atoms with Gasteiger partial charge in [0.15, 0.2) is 0 Å². The highest BCUT2D eigenvalue weighted by Crippen LogP contribution is 2.64. The summed E-state index contributed by atoms with van der Waals surface area (Å²) in [6.45, 7) is 14.3. The molecule has 0 N–H and O–H groups in total. The van der Waals surface area contributed by atoms with Gasteiger partial charge in [0.2, 0.25) is 0 Å². The van der Waals surface area contributed by atoms with E-state index in [2.05, 4.69) is 77.9 Å². The molecule has 0 nitrogen and oxygen atoms in total. The smallest absolute Gasteiger partial charge is 0.0215 e. The van der Waals surface area contributed by atoms with Crippen LogP contribution in [0.25, 0.3) is 21.9 Å². The second-order valence-electron chi connectivity index (χ2n) is 17.8. The van der Waals surface area contributed by atoms with E-state index < -0.39 is 0 Å². The molecule has 2 aliphatic carbocycles. The zero-order valence-electron chi connectivity index (χ0n) is 35.3. The molecule has 3 aromatic rings. The maximum atomic E-state index is 2.71. The second-order valence-corrected chi connectivity index (χ2v) is 17.8. The molecule has 0 heteroatoms. The minimum Gasteiger partial charge on any atom is -0.0654 e. The van der Waals surface area contributed by atoms with Crippen LogP contribution in [0.3, 0.4) is 0 Å². The Morgan fingerprint density at radius 1 is 0.385 bits per heavy atom. The largest absolute Gasteiger partial charge is 0.0654 e. The van der Waals surface area contributed by atoms with Crippen LogP contribution in [-0.2, 0) is 10.8 Å². The van der Waals surface area contributed by atoms with Crippen LogP contribution in [0.1, 0.15) is 241 Å². The third kappa shape index (κ3) is 9.06. The van der Waals surface area contributed by atoms with Crippen molar-refractivity contribution in [2.24, 2.45) is 0 Å². The van der Waals surface area contributed by atoms with Crippen molar-refractivity contribution in [3.05, 3.63) is 69.8 Å². The van der Waals surface area contributed by atoms with Crippen LogP contribution < -0.4 is 0 Å².